The van der Waals surface area contributed by atoms with E-state index in [0.29, 0.717) is 0 Å². The van der Waals surface area contributed by atoms with E-state index < -0.39 is 5.97 Å². The number of carbonyl (C=O) groups is 1. The van der Waals surface area contributed by atoms with E-state index in [1.54, 1.807) is 0 Å². The molecule has 3 rings (SSSR count). The molecule has 0 saturated heterocycles. The van der Waals surface area contributed by atoms with Gasteiger partial charge in [-0.3, -0.25) is 9.69 Å². The molecule has 3 nitrogen and oxygen atoms in total. The van der Waals surface area contributed by atoms with Crippen LogP contribution in [0, 0.1) is 5.92 Å². The zero-order valence-electron chi connectivity index (χ0n) is 11.2. The van der Waals surface area contributed by atoms with Crippen LogP contribution in [0.1, 0.15) is 42.5 Å². The Morgan fingerprint density at radius 3 is 3.00 bits per heavy atom. The maximum Gasteiger partial charge on any atom is 0.308 e. The summed E-state index contributed by atoms with van der Waals surface area (Å²) in [6.07, 6.45) is 6.45. The number of hydrogen-bond acceptors (Lipinski definition) is 3. The second kappa shape index (κ2) is 5.63. The van der Waals surface area contributed by atoms with Crippen molar-refractivity contribution in [1.82, 2.24) is 4.90 Å². The summed E-state index contributed by atoms with van der Waals surface area (Å²) in [6, 6.07) is 2.45. The minimum atomic E-state index is -0.594. The van der Waals surface area contributed by atoms with E-state index in [-0.39, 0.29) is 12.0 Å². The van der Waals surface area contributed by atoms with Gasteiger partial charge in [-0.25, -0.2) is 0 Å². The second-order valence-corrected chi connectivity index (χ2v) is 6.74. The van der Waals surface area contributed by atoms with Crippen molar-refractivity contribution >= 4 is 17.3 Å². The van der Waals surface area contributed by atoms with Crippen LogP contribution in [0.3, 0.4) is 0 Å². The fourth-order valence-corrected chi connectivity index (χ4v) is 4.46. The molecule has 2 atom stereocenters. The molecule has 0 radical (unpaired) electrons. The number of carboxylic acids is 1. The van der Waals surface area contributed by atoms with Crippen molar-refractivity contribution < 1.29 is 9.90 Å². The van der Waals surface area contributed by atoms with Crippen molar-refractivity contribution in [3.63, 3.8) is 0 Å². The lowest BCUT2D eigenvalue weighted by Crippen LogP contribution is -2.45. The van der Waals surface area contributed by atoms with Gasteiger partial charge in [0.15, 0.2) is 0 Å². The lowest BCUT2D eigenvalue weighted by atomic mass is 9.92. The molecule has 104 valence electrons. The predicted octanol–water partition coefficient (Wildman–Crippen LogP) is 3.14. The van der Waals surface area contributed by atoms with Gasteiger partial charge >= 0.3 is 5.97 Å². The molecule has 0 spiro atoms. The Bertz CT molecular complexity index is 457. The average Bonchev–Trinajstić information content (AvgIpc) is 2.72. The molecular weight excluding hydrogens is 258 g/mol. The molecule has 0 amide bonds. The van der Waals surface area contributed by atoms with Crippen LogP contribution in [0.25, 0.3) is 0 Å². The first-order valence-electron chi connectivity index (χ1n) is 7.28. The topological polar surface area (TPSA) is 40.5 Å². The molecule has 1 N–H and O–H groups in total. The van der Waals surface area contributed by atoms with E-state index in [2.05, 4.69) is 16.3 Å². The minimum Gasteiger partial charge on any atom is -0.481 e. The summed E-state index contributed by atoms with van der Waals surface area (Å²) in [5.41, 5.74) is 1.42. The van der Waals surface area contributed by atoms with E-state index >= 15 is 0 Å². The Kier molecular flexibility index (Phi) is 3.89. The number of hydrogen-bond donors (Lipinski definition) is 1. The number of rotatable bonds is 2. The Hall–Kier alpha value is -0.870. The van der Waals surface area contributed by atoms with Crippen LogP contribution in [-0.2, 0) is 17.8 Å². The highest BCUT2D eigenvalue weighted by Crippen LogP contribution is 2.32. The standard InChI is InChI=1S/C15H21NO2S/c17-15(18)12-4-2-1-3-5-13(12)16-8-6-14-11(10-16)7-9-19-14/h7,9,12-13H,1-6,8,10H2,(H,17,18). The van der Waals surface area contributed by atoms with Crippen LogP contribution in [0.5, 0.6) is 0 Å². The molecule has 2 aliphatic rings. The molecule has 1 aromatic rings. The van der Waals surface area contributed by atoms with Gasteiger partial charge in [0, 0.05) is 24.0 Å². The summed E-state index contributed by atoms with van der Waals surface area (Å²) < 4.78 is 0. The summed E-state index contributed by atoms with van der Waals surface area (Å²) in [5.74, 6) is -0.759. The van der Waals surface area contributed by atoms with Gasteiger partial charge in [-0.05, 0) is 36.3 Å². The van der Waals surface area contributed by atoms with Gasteiger partial charge in [-0.2, -0.15) is 0 Å². The number of thiophene rings is 1. The average molecular weight is 279 g/mol. The summed E-state index contributed by atoms with van der Waals surface area (Å²) in [6.45, 7) is 1.98. The first-order chi connectivity index (χ1) is 9.25. The van der Waals surface area contributed by atoms with Crippen LogP contribution < -0.4 is 0 Å². The highest BCUT2D eigenvalue weighted by Gasteiger charge is 2.35. The SMILES string of the molecule is O=C(O)C1CCCCCC1N1CCc2sccc2C1. The summed E-state index contributed by atoms with van der Waals surface area (Å²) in [4.78, 5) is 15.5. The number of carboxylic acid groups (broad SMARTS) is 1. The molecule has 1 aromatic heterocycles. The van der Waals surface area contributed by atoms with Crippen LogP contribution in [0.4, 0.5) is 0 Å². The van der Waals surface area contributed by atoms with Gasteiger partial charge in [0.05, 0.1) is 5.92 Å². The second-order valence-electron chi connectivity index (χ2n) is 5.74. The van der Waals surface area contributed by atoms with Crippen LogP contribution in [0.2, 0.25) is 0 Å². The zero-order chi connectivity index (χ0) is 13.2. The molecule has 0 bridgehead atoms. The Morgan fingerprint density at radius 1 is 1.32 bits per heavy atom. The van der Waals surface area contributed by atoms with Gasteiger partial charge in [-0.1, -0.05) is 19.3 Å². The van der Waals surface area contributed by atoms with E-state index in [1.807, 2.05) is 11.3 Å². The molecule has 0 aromatic carbocycles. The highest BCUT2D eigenvalue weighted by atomic mass is 32.1. The highest BCUT2D eigenvalue weighted by molar-refractivity contribution is 7.10. The quantitative estimate of drug-likeness (QED) is 0.846. The molecule has 4 heteroatoms. The van der Waals surface area contributed by atoms with Crippen molar-refractivity contribution in [3.8, 4) is 0 Å². The van der Waals surface area contributed by atoms with E-state index in [4.69, 9.17) is 0 Å². The van der Waals surface area contributed by atoms with Gasteiger partial charge in [-0.15, -0.1) is 11.3 Å². The summed E-state index contributed by atoms with van der Waals surface area (Å²) in [7, 11) is 0. The first-order valence-corrected chi connectivity index (χ1v) is 8.16. The zero-order valence-corrected chi connectivity index (χ0v) is 12.0. The number of nitrogens with zero attached hydrogens (tertiary/aromatic N) is 1. The fourth-order valence-electron chi connectivity index (χ4n) is 3.57. The largest absolute Gasteiger partial charge is 0.481 e. The van der Waals surface area contributed by atoms with Crippen molar-refractivity contribution in [2.45, 2.75) is 51.1 Å². The summed E-state index contributed by atoms with van der Waals surface area (Å²) >= 11 is 1.84. The van der Waals surface area contributed by atoms with Gasteiger partial charge in [0.25, 0.3) is 0 Å². The molecule has 2 heterocycles. The Labute approximate surface area is 118 Å². The Balaban J connectivity index is 1.77. The van der Waals surface area contributed by atoms with Crippen LogP contribution >= 0.6 is 11.3 Å². The molecule has 1 saturated carbocycles. The number of aliphatic carboxylic acids is 1. The van der Waals surface area contributed by atoms with E-state index in [1.165, 1.54) is 23.3 Å². The third-order valence-corrected chi connectivity index (χ3v) is 5.63. The van der Waals surface area contributed by atoms with Crippen molar-refractivity contribution in [1.29, 1.82) is 0 Å². The molecule has 19 heavy (non-hydrogen) atoms. The van der Waals surface area contributed by atoms with Gasteiger partial charge < -0.3 is 5.11 Å². The lowest BCUT2D eigenvalue weighted by Gasteiger charge is -2.37. The minimum absolute atomic E-state index is 0.164. The van der Waals surface area contributed by atoms with Gasteiger partial charge in [0.1, 0.15) is 0 Å². The molecular formula is C15H21NO2S. The van der Waals surface area contributed by atoms with Crippen LogP contribution in [0.15, 0.2) is 11.4 Å². The fraction of sp³-hybridized carbons (Fsp3) is 0.667. The smallest absolute Gasteiger partial charge is 0.308 e. The third-order valence-electron chi connectivity index (χ3n) is 4.60. The number of fused-ring (bicyclic) bond motifs is 1. The van der Waals surface area contributed by atoms with E-state index in [9.17, 15) is 9.90 Å². The van der Waals surface area contributed by atoms with Gasteiger partial charge in [0.2, 0.25) is 0 Å². The Morgan fingerprint density at radius 2 is 2.16 bits per heavy atom. The predicted molar refractivity (Wildman–Crippen MR) is 76.4 cm³/mol. The van der Waals surface area contributed by atoms with Crippen molar-refractivity contribution in [2.24, 2.45) is 5.92 Å². The molecule has 2 unspecified atom stereocenters. The first kappa shape index (κ1) is 13.1. The maximum atomic E-state index is 11.5. The normalized spacial score (nSPS) is 28.6. The van der Waals surface area contributed by atoms with Crippen molar-refractivity contribution in [2.75, 3.05) is 6.54 Å². The molecule has 1 aliphatic carbocycles. The molecule has 1 fully saturated rings. The monoisotopic (exact) mass is 279 g/mol. The van der Waals surface area contributed by atoms with E-state index in [0.717, 1.165) is 38.8 Å². The van der Waals surface area contributed by atoms with Crippen molar-refractivity contribution in [3.05, 3.63) is 21.9 Å². The third kappa shape index (κ3) is 2.70. The maximum absolute atomic E-state index is 11.5. The lowest BCUT2D eigenvalue weighted by molar-refractivity contribution is -0.144. The summed E-state index contributed by atoms with van der Waals surface area (Å²) in [5, 5.41) is 11.7. The molecule has 1 aliphatic heterocycles. The van der Waals surface area contributed by atoms with Crippen LogP contribution in [-0.4, -0.2) is 28.6 Å².